The molecule has 13 aromatic carbocycles. The molecule has 3 aromatic heterocycles. The number of benzene rings is 13. The Morgan fingerprint density at radius 3 is 1.20 bits per heavy atom. The standard InChI is InChI=1S/C79H54N4/c1-79(2)70-49-57(41-44-61(70)62-45-42-58(50-71(62)79)83-75-30-16-10-24-66(75)67-25-11-17-31-76(67)83)80(55-37-32-51(33-38-55)52-34-39-56(40-35-52)81-72-27-13-8-22-64(72)65-23-9-14-28-73(65)81)77-47-46-59(60-20-6-7-21-63(60)77)53-36-43-69-68-26-12-15-29-74(68)82(78(69)48-53)54-18-4-3-5-19-54/h3-50H,1-2H3. The van der Waals surface area contributed by atoms with Gasteiger partial charge in [0.1, 0.15) is 0 Å². The van der Waals surface area contributed by atoms with Crippen LogP contribution in [0.5, 0.6) is 0 Å². The van der Waals surface area contributed by atoms with Crippen molar-refractivity contribution in [3.8, 4) is 50.4 Å². The summed E-state index contributed by atoms with van der Waals surface area (Å²) in [7, 11) is 0. The van der Waals surface area contributed by atoms with Gasteiger partial charge in [0.15, 0.2) is 0 Å². The molecule has 4 nitrogen and oxygen atoms in total. The van der Waals surface area contributed by atoms with Crippen molar-refractivity contribution in [3.05, 3.63) is 302 Å². The van der Waals surface area contributed by atoms with Crippen molar-refractivity contribution in [2.45, 2.75) is 19.3 Å². The fourth-order valence-electron chi connectivity index (χ4n) is 14.1. The first-order chi connectivity index (χ1) is 40.9. The molecule has 0 atom stereocenters. The van der Waals surface area contributed by atoms with Crippen LogP contribution in [0.4, 0.5) is 17.1 Å². The topological polar surface area (TPSA) is 18.0 Å². The van der Waals surface area contributed by atoms with Gasteiger partial charge in [-0.1, -0.05) is 202 Å². The van der Waals surface area contributed by atoms with E-state index >= 15 is 0 Å². The van der Waals surface area contributed by atoms with Gasteiger partial charge in [-0.25, -0.2) is 0 Å². The molecular formula is C79H54N4. The zero-order valence-corrected chi connectivity index (χ0v) is 46.0. The molecule has 0 saturated carbocycles. The van der Waals surface area contributed by atoms with E-state index in [4.69, 9.17) is 0 Å². The minimum absolute atomic E-state index is 0.289. The van der Waals surface area contributed by atoms with E-state index in [-0.39, 0.29) is 5.41 Å². The first-order valence-corrected chi connectivity index (χ1v) is 28.8. The predicted octanol–water partition coefficient (Wildman–Crippen LogP) is 21.2. The first kappa shape index (κ1) is 47.2. The van der Waals surface area contributed by atoms with Crippen LogP contribution in [-0.4, -0.2) is 13.7 Å². The summed E-state index contributed by atoms with van der Waals surface area (Å²) in [4.78, 5) is 2.49. The second-order valence-corrected chi connectivity index (χ2v) is 22.9. The Balaban J connectivity index is 0.800. The number of hydrogen-bond acceptors (Lipinski definition) is 1. The van der Waals surface area contributed by atoms with Crippen molar-refractivity contribution in [1.29, 1.82) is 0 Å². The molecule has 0 unspecified atom stereocenters. The molecule has 390 valence electrons. The molecule has 1 aliphatic rings. The van der Waals surface area contributed by atoms with Gasteiger partial charge in [0.05, 0.1) is 38.8 Å². The zero-order valence-electron chi connectivity index (χ0n) is 46.0. The molecule has 0 radical (unpaired) electrons. The van der Waals surface area contributed by atoms with Gasteiger partial charge in [-0.3, -0.25) is 0 Å². The molecule has 83 heavy (non-hydrogen) atoms. The fourth-order valence-corrected chi connectivity index (χ4v) is 14.1. The van der Waals surface area contributed by atoms with Gasteiger partial charge in [-0.05, 0) is 153 Å². The van der Waals surface area contributed by atoms with Crippen molar-refractivity contribution in [3.63, 3.8) is 0 Å². The maximum atomic E-state index is 2.49. The molecule has 0 N–H and O–H groups in total. The first-order valence-electron chi connectivity index (χ1n) is 28.8. The summed E-state index contributed by atoms with van der Waals surface area (Å²) >= 11 is 0. The number of para-hydroxylation sites is 6. The average Bonchev–Trinajstić information content (AvgIpc) is 2.35. The van der Waals surface area contributed by atoms with Crippen LogP contribution in [0.2, 0.25) is 0 Å². The third-order valence-corrected chi connectivity index (χ3v) is 18.0. The second-order valence-electron chi connectivity index (χ2n) is 22.9. The quantitative estimate of drug-likeness (QED) is 0.148. The SMILES string of the molecule is CC1(C)c2cc(N(c3ccc(-c4ccc(-n5c6ccccc6c6ccccc65)cc4)cc3)c3ccc(-c4ccc5c6ccccc6n(-c6ccccc6)c5c4)c4ccccc34)ccc2-c2ccc(-n3c4ccccc4c4ccccc43)cc21. The van der Waals surface area contributed by atoms with Crippen LogP contribution in [0.1, 0.15) is 25.0 Å². The van der Waals surface area contributed by atoms with Crippen LogP contribution in [-0.2, 0) is 5.41 Å². The van der Waals surface area contributed by atoms with Crippen molar-refractivity contribution in [2.24, 2.45) is 0 Å². The molecule has 0 aliphatic heterocycles. The van der Waals surface area contributed by atoms with E-state index in [2.05, 4.69) is 324 Å². The molecule has 0 amide bonds. The predicted molar refractivity (Wildman–Crippen MR) is 350 cm³/mol. The zero-order chi connectivity index (χ0) is 54.9. The Kier molecular flexibility index (Phi) is 10.3. The van der Waals surface area contributed by atoms with Gasteiger partial charge in [-0.2, -0.15) is 0 Å². The smallest absolute Gasteiger partial charge is 0.0547 e. The van der Waals surface area contributed by atoms with E-state index in [0.717, 1.165) is 34.0 Å². The highest BCUT2D eigenvalue weighted by Gasteiger charge is 2.37. The third-order valence-electron chi connectivity index (χ3n) is 18.0. The van der Waals surface area contributed by atoms with Crippen molar-refractivity contribution in [2.75, 3.05) is 4.90 Å². The second kappa shape index (κ2) is 18.2. The van der Waals surface area contributed by atoms with Gasteiger partial charge in [0.2, 0.25) is 0 Å². The summed E-state index contributed by atoms with van der Waals surface area (Å²) in [5.41, 5.74) is 23.7. The summed E-state index contributed by atoms with van der Waals surface area (Å²) < 4.78 is 7.24. The van der Waals surface area contributed by atoms with Crippen LogP contribution in [0.3, 0.4) is 0 Å². The third kappa shape index (κ3) is 7.12. The molecule has 3 heterocycles. The van der Waals surface area contributed by atoms with Crippen LogP contribution >= 0.6 is 0 Å². The highest BCUT2D eigenvalue weighted by Crippen LogP contribution is 2.53. The molecule has 1 aliphatic carbocycles. The molecular weight excluding hydrogens is 1000 g/mol. The molecule has 0 saturated heterocycles. The normalized spacial score (nSPS) is 12.8. The minimum atomic E-state index is -0.289. The van der Waals surface area contributed by atoms with Crippen LogP contribution in [0.15, 0.2) is 291 Å². The Morgan fingerprint density at radius 1 is 0.253 bits per heavy atom. The lowest BCUT2D eigenvalue weighted by molar-refractivity contribution is 0.660. The average molecular weight is 1060 g/mol. The van der Waals surface area contributed by atoms with Crippen molar-refractivity contribution in [1.82, 2.24) is 13.7 Å². The Labute approximate surface area is 481 Å². The van der Waals surface area contributed by atoms with Gasteiger partial charge >= 0.3 is 0 Å². The minimum Gasteiger partial charge on any atom is -0.310 e. The number of hydrogen-bond donors (Lipinski definition) is 0. The number of fused-ring (bicyclic) bond motifs is 13. The van der Waals surface area contributed by atoms with Crippen LogP contribution < -0.4 is 4.90 Å². The van der Waals surface area contributed by atoms with Crippen molar-refractivity contribution < 1.29 is 0 Å². The lowest BCUT2D eigenvalue weighted by atomic mass is 9.82. The van der Waals surface area contributed by atoms with Gasteiger partial charge in [0.25, 0.3) is 0 Å². The van der Waals surface area contributed by atoms with Gasteiger partial charge in [-0.15, -0.1) is 0 Å². The number of anilines is 3. The molecule has 0 fully saturated rings. The number of rotatable bonds is 8. The highest BCUT2D eigenvalue weighted by molar-refractivity contribution is 6.13. The van der Waals surface area contributed by atoms with Crippen LogP contribution in [0, 0.1) is 0 Å². The molecule has 16 aromatic rings. The summed E-state index contributed by atoms with van der Waals surface area (Å²) in [5.74, 6) is 0. The van der Waals surface area contributed by atoms with Crippen molar-refractivity contribution >= 4 is 93.3 Å². The van der Waals surface area contributed by atoms with E-state index in [1.807, 2.05) is 0 Å². The fraction of sp³-hybridized carbons (Fsp3) is 0.0380. The lowest BCUT2D eigenvalue weighted by Gasteiger charge is -2.29. The largest absolute Gasteiger partial charge is 0.310 e. The summed E-state index contributed by atoms with van der Waals surface area (Å²) in [6.07, 6.45) is 0. The summed E-state index contributed by atoms with van der Waals surface area (Å²) in [6.45, 7) is 4.81. The summed E-state index contributed by atoms with van der Waals surface area (Å²) in [5, 5.41) is 9.94. The Bertz CT molecular complexity index is 5180. The summed E-state index contributed by atoms with van der Waals surface area (Å²) in [6, 6.07) is 108. The molecule has 17 rings (SSSR count). The van der Waals surface area contributed by atoms with E-state index in [0.29, 0.717) is 0 Å². The molecule has 4 heteroatoms. The molecule has 0 spiro atoms. The number of aromatic nitrogens is 3. The highest BCUT2D eigenvalue weighted by atomic mass is 15.1. The van der Waals surface area contributed by atoms with E-state index in [1.54, 1.807) is 0 Å². The van der Waals surface area contributed by atoms with E-state index in [1.165, 1.54) is 121 Å². The van der Waals surface area contributed by atoms with E-state index < -0.39 is 0 Å². The maximum absolute atomic E-state index is 2.49. The van der Waals surface area contributed by atoms with E-state index in [9.17, 15) is 0 Å². The van der Waals surface area contributed by atoms with Crippen LogP contribution in [0.25, 0.3) is 127 Å². The Hall–Kier alpha value is -10.7. The lowest BCUT2D eigenvalue weighted by Crippen LogP contribution is -2.17. The Morgan fingerprint density at radius 2 is 0.639 bits per heavy atom. The monoisotopic (exact) mass is 1060 g/mol. The maximum Gasteiger partial charge on any atom is 0.0547 e. The number of nitrogens with zero attached hydrogens (tertiary/aromatic N) is 4. The van der Waals surface area contributed by atoms with Gasteiger partial charge < -0.3 is 18.6 Å². The molecule has 0 bridgehead atoms. The van der Waals surface area contributed by atoms with Gasteiger partial charge in [0, 0.05) is 71.6 Å².